The monoisotopic (exact) mass is 277 g/mol. The maximum atomic E-state index is 11.8. The first-order valence-electron chi connectivity index (χ1n) is 6.25. The molecular weight excluding hydrogens is 262 g/mol. The van der Waals surface area contributed by atoms with Crippen LogP contribution in [0.5, 0.6) is 0 Å². The van der Waals surface area contributed by atoms with E-state index in [0.29, 0.717) is 23.5 Å². The van der Waals surface area contributed by atoms with E-state index in [9.17, 15) is 4.79 Å². The number of hydrogen-bond acceptors (Lipinski definition) is 3. The van der Waals surface area contributed by atoms with Gasteiger partial charge in [0.25, 0.3) is 0 Å². The highest BCUT2D eigenvalue weighted by atomic mass is 35.5. The summed E-state index contributed by atoms with van der Waals surface area (Å²) in [5, 5.41) is 4.32. The quantitative estimate of drug-likeness (QED) is 0.826. The summed E-state index contributed by atoms with van der Waals surface area (Å²) in [7, 11) is 0. The Labute approximate surface area is 117 Å². The second kappa shape index (κ2) is 6.50. The Morgan fingerprint density at radius 2 is 2.16 bits per heavy atom. The average molecular weight is 278 g/mol. The van der Waals surface area contributed by atoms with Crippen molar-refractivity contribution in [2.75, 3.05) is 11.9 Å². The normalized spacial score (nSPS) is 10.6. The van der Waals surface area contributed by atoms with Crippen molar-refractivity contribution in [2.24, 2.45) is 5.73 Å². The summed E-state index contributed by atoms with van der Waals surface area (Å²) >= 11 is 6.08. The van der Waals surface area contributed by atoms with Crippen molar-refractivity contribution < 1.29 is 4.79 Å². The number of nitrogens with two attached hydrogens (primary N) is 1. The van der Waals surface area contributed by atoms with Crippen LogP contribution in [0.4, 0.5) is 5.69 Å². The molecule has 0 radical (unpaired) electrons. The number of fused-ring (bicyclic) bond motifs is 1. The van der Waals surface area contributed by atoms with E-state index in [0.717, 1.165) is 23.9 Å². The van der Waals surface area contributed by atoms with E-state index in [1.54, 1.807) is 18.3 Å². The van der Waals surface area contributed by atoms with Gasteiger partial charge in [0.2, 0.25) is 5.91 Å². The molecule has 0 saturated heterocycles. The number of pyridine rings is 1. The Hall–Kier alpha value is -1.65. The molecule has 0 spiro atoms. The largest absolute Gasteiger partial charge is 0.330 e. The van der Waals surface area contributed by atoms with Gasteiger partial charge in [-0.3, -0.25) is 9.78 Å². The fourth-order valence-electron chi connectivity index (χ4n) is 1.89. The zero-order valence-electron chi connectivity index (χ0n) is 10.5. The summed E-state index contributed by atoms with van der Waals surface area (Å²) < 4.78 is 0. The first-order valence-corrected chi connectivity index (χ1v) is 6.63. The van der Waals surface area contributed by atoms with Crippen LogP contribution in [0.1, 0.15) is 19.3 Å². The molecule has 100 valence electrons. The van der Waals surface area contributed by atoms with E-state index >= 15 is 0 Å². The molecule has 3 N–H and O–H groups in total. The number of rotatable bonds is 5. The Balaban J connectivity index is 2.17. The number of carbonyl (C=O) groups is 1. The van der Waals surface area contributed by atoms with Gasteiger partial charge in [0.15, 0.2) is 0 Å². The molecule has 1 heterocycles. The van der Waals surface area contributed by atoms with Crippen molar-refractivity contribution in [3.63, 3.8) is 0 Å². The summed E-state index contributed by atoms with van der Waals surface area (Å²) in [6.07, 6.45) is 3.81. The molecule has 1 aromatic heterocycles. The average Bonchev–Trinajstić information content (AvgIpc) is 2.43. The van der Waals surface area contributed by atoms with E-state index < -0.39 is 0 Å². The molecule has 0 aliphatic carbocycles. The lowest BCUT2D eigenvalue weighted by Gasteiger charge is -2.09. The number of nitrogens with zero attached hydrogens (tertiary/aromatic N) is 1. The summed E-state index contributed by atoms with van der Waals surface area (Å²) in [4.78, 5) is 16.0. The van der Waals surface area contributed by atoms with Crippen LogP contribution in [-0.2, 0) is 4.79 Å². The second-order valence-electron chi connectivity index (χ2n) is 4.29. The molecule has 0 bridgehead atoms. The van der Waals surface area contributed by atoms with Crippen molar-refractivity contribution >= 4 is 34.1 Å². The Morgan fingerprint density at radius 3 is 2.95 bits per heavy atom. The van der Waals surface area contributed by atoms with Crippen LogP contribution in [-0.4, -0.2) is 17.4 Å². The second-order valence-corrected chi connectivity index (χ2v) is 4.70. The van der Waals surface area contributed by atoms with Crippen molar-refractivity contribution in [3.8, 4) is 0 Å². The molecule has 0 unspecified atom stereocenters. The lowest BCUT2D eigenvalue weighted by molar-refractivity contribution is -0.116. The number of hydrogen-bond donors (Lipinski definition) is 2. The van der Waals surface area contributed by atoms with E-state index in [1.165, 1.54) is 0 Å². The van der Waals surface area contributed by atoms with E-state index in [1.807, 2.05) is 12.1 Å². The highest BCUT2D eigenvalue weighted by Gasteiger charge is 2.08. The van der Waals surface area contributed by atoms with Gasteiger partial charge in [-0.05, 0) is 43.7 Å². The third-order valence-corrected chi connectivity index (χ3v) is 3.16. The maximum absolute atomic E-state index is 11.8. The van der Waals surface area contributed by atoms with Crippen molar-refractivity contribution in [3.05, 3.63) is 35.5 Å². The van der Waals surface area contributed by atoms with Gasteiger partial charge in [-0.1, -0.05) is 11.6 Å². The van der Waals surface area contributed by atoms with Gasteiger partial charge >= 0.3 is 0 Å². The zero-order chi connectivity index (χ0) is 13.7. The van der Waals surface area contributed by atoms with Gasteiger partial charge in [-0.15, -0.1) is 0 Å². The van der Waals surface area contributed by atoms with Gasteiger partial charge in [0.05, 0.1) is 16.2 Å². The molecule has 0 aliphatic heterocycles. The van der Waals surface area contributed by atoms with Crippen molar-refractivity contribution in [2.45, 2.75) is 19.3 Å². The van der Waals surface area contributed by atoms with E-state index in [4.69, 9.17) is 17.3 Å². The lowest BCUT2D eigenvalue weighted by Crippen LogP contribution is -2.12. The molecular formula is C14H16ClN3O. The van der Waals surface area contributed by atoms with Crippen molar-refractivity contribution in [1.29, 1.82) is 0 Å². The van der Waals surface area contributed by atoms with Crippen LogP contribution in [0.25, 0.3) is 10.9 Å². The Kier molecular flexibility index (Phi) is 4.71. The molecule has 0 atom stereocenters. The molecule has 1 amide bonds. The number of unbranched alkanes of at least 4 members (excludes halogenated alkanes) is 1. The molecule has 4 nitrogen and oxygen atoms in total. The predicted molar refractivity (Wildman–Crippen MR) is 78.3 cm³/mol. The van der Waals surface area contributed by atoms with Crippen LogP contribution in [0.3, 0.4) is 0 Å². The zero-order valence-corrected chi connectivity index (χ0v) is 11.3. The number of nitrogens with one attached hydrogen (secondary N) is 1. The first-order chi connectivity index (χ1) is 9.22. The van der Waals surface area contributed by atoms with Crippen LogP contribution < -0.4 is 11.1 Å². The number of amides is 1. The van der Waals surface area contributed by atoms with Gasteiger partial charge in [-0.2, -0.15) is 0 Å². The minimum Gasteiger partial charge on any atom is -0.330 e. The van der Waals surface area contributed by atoms with Crippen LogP contribution in [0.2, 0.25) is 5.02 Å². The number of aromatic nitrogens is 1. The number of carbonyl (C=O) groups excluding carboxylic acids is 1. The molecule has 5 heteroatoms. The van der Waals surface area contributed by atoms with Gasteiger partial charge < -0.3 is 11.1 Å². The van der Waals surface area contributed by atoms with E-state index in [2.05, 4.69) is 10.3 Å². The maximum Gasteiger partial charge on any atom is 0.224 e. The SMILES string of the molecule is NCCCCC(=O)Nc1ccc(Cl)c2ncccc12. The molecule has 2 aromatic rings. The molecule has 0 aliphatic rings. The summed E-state index contributed by atoms with van der Waals surface area (Å²) in [5.41, 5.74) is 6.84. The number of benzene rings is 1. The van der Waals surface area contributed by atoms with E-state index in [-0.39, 0.29) is 5.91 Å². The van der Waals surface area contributed by atoms with Gasteiger partial charge in [0.1, 0.15) is 0 Å². The van der Waals surface area contributed by atoms with Crippen LogP contribution >= 0.6 is 11.6 Å². The number of anilines is 1. The molecule has 2 rings (SSSR count). The summed E-state index contributed by atoms with van der Waals surface area (Å²) in [5.74, 6) is -0.0130. The smallest absolute Gasteiger partial charge is 0.224 e. The van der Waals surface area contributed by atoms with Crippen molar-refractivity contribution in [1.82, 2.24) is 4.98 Å². The molecule has 0 saturated carbocycles. The summed E-state index contributed by atoms with van der Waals surface area (Å²) in [6.45, 7) is 0.612. The van der Waals surface area contributed by atoms with Gasteiger partial charge in [0, 0.05) is 18.0 Å². The topological polar surface area (TPSA) is 68.0 Å². The number of halogens is 1. The van der Waals surface area contributed by atoms with Crippen LogP contribution in [0.15, 0.2) is 30.5 Å². The minimum absolute atomic E-state index is 0.0130. The molecule has 1 aromatic carbocycles. The van der Waals surface area contributed by atoms with Crippen LogP contribution in [0, 0.1) is 0 Å². The van der Waals surface area contributed by atoms with Gasteiger partial charge in [-0.25, -0.2) is 0 Å². The third kappa shape index (κ3) is 3.43. The predicted octanol–water partition coefficient (Wildman–Crippen LogP) is 2.96. The third-order valence-electron chi connectivity index (χ3n) is 2.85. The minimum atomic E-state index is -0.0130. The molecule has 19 heavy (non-hydrogen) atoms. The Morgan fingerprint density at radius 1 is 1.32 bits per heavy atom. The standard InChI is InChI=1S/C14H16ClN3O/c15-11-6-7-12(10-4-3-9-17-14(10)11)18-13(19)5-1-2-8-16/h3-4,6-7,9H,1-2,5,8,16H2,(H,18,19). The Bertz CT molecular complexity index is 586. The highest BCUT2D eigenvalue weighted by molar-refractivity contribution is 6.35. The molecule has 0 fully saturated rings. The fraction of sp³-hybridized carbons (Fsp3) is 0.286. The first kappa shape index (κ1) is 13.8. The fourth-order valence-corrected chi connectivity index (χ4v) is 2.10. The highest BCUT2D eigenvalue weighted by Crippen LogP contribution is 2.28. The lowest BCUT2D eigenvalue weighted by atomic mass is 10.1. The summed E-state index contributed by atoms with van der Waals surface area (Å²) in [6, 6.07) is 7.26.